The van der Waals surface area contributed by atoms with Crippen LogP contribution in [0.3, 0.4) is 0 Å². The highest BCUT2D eigenvalue weighted by molar-refractivity contribution is 5.77. The number of hydrogen-bond acceptors (Lipinski definition) is 4. The Hall–Kier alpha value is -1.89. The lowest BCUT2D eigenvalue weighted by Gasteiger charge is -2.52. The minimum atomic E-state index is -1.34. The molecule has 0 bridgehead atoms. The van der Waals surface area contributed by atoms with E-state index < -0.39 is 40.5 Å². The highest BCUT2D eigenvalue weighted by atomic mass is 16.4. The van der Waals surface area contributed by atoms with Gasteiger partial charge in [0, 0.05) is 19.3 Å². The predicted octanol–water partition coefficient (Wildman–Crippen LogP) is 5.71. The summed E-state index contributed by atoms with van der Waals surface area (Å²) in [6.45, 7) is 7.97. The van der Waals surface area contributed by atoms with E-state index in [0.717, 1.165) is 25.7 Å². The van der Waals surface area contributed by atoms with Crippen molar-refractivity contribution in [3.63, 3.8) is 0 Å². The maximum absolute atomic E-state index is 12.5. The topological polar surface area (TPSA) is 115 Å². The van der Waals surface area contributed by atoms with Crippen molar-refractivity contribution in [2.45, 2.75) is 149 Å². The first-order valence-electron chi connectivity index (χ1n) is 14.4. The third-order valence-electron chi connectivity index (χ3n) is 7.33. The summed E-state index contributed by atoms with van der Waals surface area (Å²) in [5, 5.41) is 32.8. The molecule has 0 aliphatic carbocycles. The molecule has 0 spiro atoms. The summed E-state index contributed by atoms with van der Waals surface area (Å²) in [6, 6.07) is -3.35. The smallest absolute Gasteiger partial charge is 0.362 e. The molecule has 0 saturated carbocycles. The van der Waals surface area contributed by atoms with E-state index >= 15 is 0 Å². The number of rotatable bonds is 24. The zero-order chi connectivity index (χ0) is 27.4. The molecule has 36 heavy (non-hydrogen) atoms. The van der Waals surface area contributed by atoms with Gasteiger partial charge in [-0.15, -0.1) is 0 Å². The number of quaternary nitrogens is 1. The van der Waals surface area contributed by atoms with Crippen molar-refractivity contribution in [1.82, 2.24) is 0 Å². The lowest BCUT2D eigenvalue weighted by atomic mass is 9.91. The SMILES string of the molecule is CCCCCCC/C=C/CCCCC[N+](C(CCC)C(=O)[O-])(C(CCC)C(=O)O)C(CCC)C(=O)O. The molecule has 3 unspecified atom stereocenters. The molecule has 0 fully saturated rings. The van der Waals surface area contributed by atoms with Crippen LogP contribution in [0.25, 0.3) is 0 Å². The van der Waals surface area contributed by atoms with Gasteiger partial charge in [0.1, 0.15) is 6.04 Å². The van der Waals surface area contributed by atoms with Crippen LogP contribution in [0.5, 0.6) is 0 Å². The monoisotopic (exact) mass is 511 g/mol. The van der Waals surface area contributed by atoms with E-state index in [2.05, 4.69) is 19.1 Å². The highest BCUT2D eigenvalue weighted by Crippen LogP contribution is 2.34. The maximum Gasteiger partial charge on any atom is 0.362 e. The fourth-order valence-electron chi connectivity index (χ4n) is 5.56. The summed E-state index contributed by atoms with van der Waals surface area (Å²) >= 11 is 0. The quantitative estimate of drug-likeness (QED) is 0.0975. The second-order valence-corrected chi connectivity index (χ2v) is 10.2. The third-order valence-corrected chi connectivity index (χ3v) is 7.33. The van der Waals surface area contributed by atoms with E-state index in [1.54, 1.807) is 0 Å². The predicted molar refractivity (Wildman–Crippen MR) is 142 cm³/mol. The molecule has 0 aromatic rings. The Labute approximate surface area is 219 Å². The number of carboxylic acid groups (broad SMARTS) is 3. The van der Waals surface area contributed by atoms with E-state index in [1.807, 2.05) is 20.8 Å². The molecule has 3 atom stereocenters. The molecular formula is C29H53NO6. The van der Waals surface area contributed by atoms with Crippen molar-refractivity contribution in [2.75, 3.05) is 6.54 Å². The first kappa shape index (κ1) is 34.1. The van der Waals surface area contributed by atoms with Crippen LogP contribution in [-0.4, -0.2) is 57.3 Å². The van der Waals surface area contributed by atoms with Crippen LogP contribution in [0.2, 0.25) is 0 Å². The van der Waals surface area contributed by atoms with E-state index in [0.29, 0.717) is 25.7 Å². The second kappa shape index (κ2) is 20.2. The van der Waals surface area contributed by atoms with Crippen molar-refractivity contribution in [3.05, 3.63) is 12.2 Å². The number of unbranched alkanes of at least 4 members (excludes halogenated alkanes) is 8. The van der Waals surface area contributed by atoms with Gasteiger partial charge < -0.3 is 20.1 Å². The van der Waals surface area contributed by atoms with Gasteiger partial charge in [0.05, 0.1) is 12.5 Å². The minimum absolute atomic E-state index is 0.199. The Kier molecular flexibility index (Phi) is 19.1. The Balaban J connectivity index is 5.65. The van der Waals surface area contributed by atoms with Crippen molar-refractivity contribution in [3.8, 4) is 0 Å². The average Bonchev–Trinajstić information content (AvgIpc) is 2.83. The molecule has 0 amide bonds. The third kappa shape index (κ3) is 11.4. The maximum atomic E-state index is 12.5. The van der Waals surface area contributed by atoms with Crippen LogP contribution >= 0.6 is 0 Å². The van der Waals surface area contributed by atoms with Gasteiger partial charge in [0.25, 0.3) is 0 Å². The number of carbonyl (C=O) groups is 3. The van der Waals surface area contributed by atoms with Crippen molar-refractivity contribution in [2.24, 2.45) is 0 Å². The summed E-state index contributed by atoms with van der Waals surface area (Å²) in [7, 11) is 0. The highest BCUT2D eigenvalue weighted by Gasteiger charge is 2.54. The number of allylic oxidation sites excluding steroid dienone is 2. The standard InChI is InChI=1S/C29H53NO6/c1-5-9-10-11-12-13-14-15-16-17-18-19-23-30(24(20-6-2)27(31)32,25(21-7-3)28(33)34)26(22-8-4)29(35)36/h14-15,24-26H,5-13,16-23H2,1-4H3,(H2-,31,32,33,34,35,36)/b15-14+. The van der Waals surface area contributed by atoms with E-state index in [1.165, 1.54) is 32.1 Å². The Morgan fingerprint density at radius 2 is 1.06 bits per heavy atom. The van der Waals surface area contributed by atoms with Gasteiger partial charge in [0.2, 0.25) is 0 Å². The molecule has 210 valence electrons. The molecular weight excluding hydrogens is 458 g/mol. The number of carbonyl (C=O) groups excluding carboxylic acids is 1. The largest absolute Gasteiger partial charge is 0.544 e. The summed E-state index contributed by atoms with van der Waals surface area (Å²) in [5.41, 5.74) is 0. The molecule has 0 aliphatic rings. The molecule has 2 N–H and O–H groups in total. The van der Waals surface area contributed by atoms with Gasteiger partial charge in [-0.3, -0.25) is 4.48 Å². The fraction of sp³-hybridized carbons (Fsp3) is 0.828. The number of aliphatic carboxylic acids is 3. The van der Waals surface area contributed by atoms with E-state index in [9.17, 15) is 29.7 Å². The number of hydrogen-bond donors (Lipinski definition) is 2. The van der Waals surface area contributed by atoms with Crippen LogP contribution in [-0.2, 0) is 14.4 Å². The molecule has 7 nitrogen and oxygen atoms in total. The summed E-state index contributed by atoms with van der Waals surface area (Å²) in [4.78, 5) is 37.4. The van der Waals surface area contributed by atoms with Gasteiger partial charge in [-0.05, 0) is 51.4 Å². The van der Waals surface area contributed by atoms with Crippen LogP contribution in [0.15, 0.2) is 12.2 Å². The van der Waals surface area contributed by atoms with E-state index in [4.69, 9.17) is 0 Å². The van der Waals surface area contributed by atoms with Crippen molar-refractivity contribution >= 4 is 17.9 Å². The summed E-state index contributed by atoms with van der Waals surface area (Å²) < 4.78 is -0.448. The van der Waals surface area contributed by atoms with Crippen molar-refractivity contribution < 1.29 is 34.2 Å². The van der Waals surface area contributed by atoms with Gasteiger partial charge in [-0.2, -0.15) is 0 Å². The molecule has 0 heterocycles. The molecule has 0 rings (SSSR count). The zero-order valence-corrected chi connectivity index (χ0v) is 23.4. The summed E-state index contributed by atoms with van der Waals surface area (Å²) in [6.07, 6.45) is 17.3. The molecule has 0 aliphatic heterocycles. The normalized spacial score (nSPS) is 15.9. The lowest BCUT2D eigenvalue weighted by molar-refractivity contribution is -0.975. The van der Waals surface area contributed by atoms with Gasteiger partial charge >= 0.3 is 11.9 Å². The first-order valence-corrected chi connectivity index (χ1v) is 14.4. The van der Waals surface area contributed by atoms with Gasteiger partial charge in [-0.1, -0.05) is 72.0 Å². The Bertz CT molecular complexity index is 588. The second-order valence-electron chi connectivity index (χ2n) is 10.2. The fourth-order valence-corrected chi connectivity index (χ4v) is 5.56. The number of carboxylic acids is 3. The molecule has 0 radical (unpaired) electrons. The van der Waals surface area contributed by atoms with Crippen LogP contribution in [0.1, 0.15) is 130 Å². The van der Waals surface area contributed by atoms with E-state index in [-0.39, 0.29) is 25.8 Å². The first-order chi connectivity index (χ1) is 17.2. The van der Waals surface area contributed by atoms with Crippen LogP contribution in [0.4, 0.5) is 0 Å². The Morgan fingerprint density at radius 3 is 1.44 bits per heavy atom. The minimum Gasteiger partial charge on any atom is -0.544 e. The average molecular weight is 512 g/mol. The molecule has 0 saturated heterocycles. The molecule has 0 aromatic carbocycles. The van der Waals surface area contributed by atoms with Crippen molar-refractivity contribution in [1.29, 1.82) is 0 Å². The van der Waals surface area contributed by atoms with Gasteiger partial charge in [-0.25, -0.2) is 9.59 Å². The molecule has 0 aromatic heterocycles. The molecule has 7 heteroatoms. The summed E-state index contributed by atoms with van der Waals surface area (Å²) in [5.74, 6) is -3.59. The Morgan fingerprint density at radius 1 is 0.639 bits per heavy atom. The van der Waals surface area contributed by atoms with Crippen LogP contribution in [0, 0.1) is 0 Å². The zero-order valence-electron chi connectivity index (χ0n) is 23.4. The van der Waals surface area contributed by atoms with Crippen LogP contribution < -0.4 is 5.11 Å². The van der Waals surface area contributed by atoms with Gasteiger partial charge in [0.15, 0.2) is 12.1 Å². The number of nitrogens with zero attached hydrogens (tertiary/aromatic N) is 1. The lowest BCUT2D eigenvalue weighted by Crippen LogP contribution is -2.74.